The molecule has 0 aromatic carbocycles. The van der Waals surface area contributed by atoms with Crippen LogP contribution in [0.2, 0.25) is 0 Å². The van der Waals surface area contributed by atoms with Gasteiger partial charge in [-0.2, -0.15) is 0 Å². The minimum atomic E-state index is 0.631. The molecular formula is C7H12N2. The highest BCUT2D eigenvalue weighted by molar-refractivity contribution is 5.58. The fourth-order valence-corrected chi connectivity index (χ4v) is 0.357. The van der Waals surface area contributed by atoms with Crippen molar-refractivity contribution < 1.29 is 0 Å². The molecule has 0 rings (SSSR count). The zero-order chi connectivity index (χ0) is 7.11. The van der Waals surface area contributed by atoms with Crippen molar-refractivity contribution in [3.05, 3.63) is 25.2 Å². The Morgan fingerprint density at radius 2 is 2.44 bits per heavy atom. The lowest BCUT2D eigenvalue weighted by Crippen LogP contribution is -1.99. The standard InChI is InChI=1S/C7H12N2/c1-4-6-9-7(3)8-5-2/h5-6,8H,2-4H2,1H3. The first-order valence-corrected chi connectivity index (χ1v) is 2.90. The predicted octanol–water partition coefficient (Wildman–Crippen LogP) is 1.67. The molecule has 0 aliphatic rings. The van der Waals surface area contributed by atoms with Crippen LogP contribution in [-0.2, 0) is 0 Å². The molecule has 50 valence electrons. The monoisotopic (exact) mass is 124 g/mol. The molecule has 2 heteroatoms. The number of nitrogens with one attached hydrogen (secondary N) is 1. The van der Waals surface area contributed by atoms with Gasteiger partial charge in [-0.05, 0) is 12.6 Å². The van der Waals surface area contributed by atoms with Gasteiger partial charge in [0.15, 0.2) is 0 Å². The summed E-state index contributed by atoms with van der Waals surface area (Å²) < 4.78 is 0. The third kappa shape index (κ3) is 4.81. The van der Waals surface area contributed by atoms with Crippen molar-refractivity contribution in [2.24, 2.45) is 4.99 Å². The van der Waals surface area contributed by atoms with Gasteiger partial charge in [-0.25, -0.2) is 4.99 Å². The molecule has 0 aromatic heterocycles. The van der Waals surface area contributed by atoms with Crippen molar-refractivity contribution in [3.63, 3.8) is 0 Å². The highest BCUT2D eigenvalue weighted by Gasteiger charge is 1.77. The molecular weight excluding hydrogens is 112 g/mol. The van der Waals surface area contributed by atoms with Crippen LogP contribution in [0.15, 0.2) is 30.2 Å². The van der Waals surface area contributed by atoms with E-state index in [9.17, 15) is 0 Å². The molecule has 0 aliphatic heterocycles. The Kier molecular flexibility index (Phi) is 4.50. The largest absolute Gasteiger partial charge is 0.348 e. The summed E-state index contributed by atoms with van der Waals surface area (Å²) in [7, 11) is 0. The van der Waals surface area contributed by atoms with Crippen molar-refractivity contribution in [2.45, 2.75) is 13.3 Å². The topological polar surface area (TPSA) is 24.4 Å². The number of hydrogen-bond donors (Lipinski definition) is 1. The molecule has 2 nitrogen and oxygen atoms in total. The zero-order valence-electron chi connectivity index (χ0n) is 5.72. The quantitative estimate of drug-likeness (QED) is 0.566. The minimum Gasteiger partial charge on any atom is -0.348 e. The summed E-state index contributed by atoms with van der Waals surface area (Å²) in [6.45, 7) is 9.08. The van der Waals surface area contributed by atoms with E-state index in [1.807, 2.05) is 6.92 Å². The average Bonchev–Trinajstić information content (AvgIpc) is 1.85. The Morgan fingerprint density at radius 3 is 2.89 bits per heavy atom. The molecule has 0 spiro atoms. The fraction of sp³-hybridized carbons (Fsp3) is 0.286. The van der Waals surface area contributed by atoms with Crippen LogP contribution in [-0.4, -0.2) is 6.21 Å². The summed E-state index contributed by atoms with van der Waals surface area (Å²) in [5, 5.41) is 2.75. The number of aliphatic imine (C=N–C) groups is 1. The first-order valence-electron chi connectivity index (χ1n) is 2.90. The first kappa shape index (κ1) is 7.95. The number of rotatable bonds is 4. The van der Waals surface area contributed by atoms with Crippen LogP contribution >= 0.6 is 0 Å². The van der Waals surface area contributed by atoms with E-state index >= 15 is 0 Å². The van der Waals surface area contributed by atoms with Crippen LogP contribution in [0, 0.1) is 0 Å². The van der Waals surface area contributed by atoms with Crippen molar-refractivity contribution in [2.75, 3.05) is 0 Å². The fourth-order valence-electron chi connectivity index (χ4n) is 0.357. The van der Waals surface area contributed by atoms with Crippen molar-refractivity contribution in [1.82, 2.24) is 5.32 Å². The lowest BCUT2D eigenvalue weighted by Gasteiger charge is -1.94. The molecule has 0 radical (unpaired) electrons. The van der Waals surface area contributed by atoms with Crippen molar-refractivity contribution >= 4 is 6.21 Å². The van der Waals surface area contributed by atoms with Crippen LogP contribution < -0.4 is 5.32 Å². The smallest absolute Gasteiger partial charge is 0.122 e. The van der Waals surface area contributed by atoms with E-state index in [2.05, 4.69) is 23.5 Å². The molecule has 0 aromatic rings. The van der Waals surface area contributed by atoms with E-state index < -0.39 is 0 Å². The van der Waals surface area contributed by atoms with E-state index in [0.29, 0.717) is 5.82 Å². The lowest BCUT2D eigenvalue weighted by atomic mass is 10.5. The van der Waals surface area contributed by atoms with Gasteiger partial charge in [0.1, 0.15) is 5.82 Å². The van der Waals surface area contributed by atoms with Crippen LogP contribution in [0.5, 0.6) is 0 Å². The Morgan fingerprint density at radius 1 is 1.78 bits per heavy atom. The van der Waals surface area contributed by atoms with Crippen LogP contribution in [0.1, 0.15) is 13.3 Å². The van der Waals surface area contributed by atoms with Crippen molar-refractivity contribution in [1.29, 1.82) is 0 Å². The van der Waals surface area contributed by atoms with E-state index in [0.717, 1.165) is 6.42 Å². The van der Waals surface area contributed by atoms with Gasteiger partial charge in [-0.1, -0.05) is 20.1 Å². The Balaban J connectivity index is 3.49. The maximum atomic E-state index is 3.93. The molecule has 0 saturated heterocycles. The molecule has 0 fully saturated rings. The van der Waals surface area contributed by atoms with Gasteiger partial charge >= 0.3 is 0 Å². The second-order valence-corrected chi connectivity index (χ2v) is 1.52. The SMILES string of the molecule is C=CNC(=C)N=CCC. The van der Waals surface area contributed by atoms with E-state index in [4.69, 9.17) is 0 Å². The molecule has 1 N–H and O–H groups in total. The maximum absolute atomic E-state index is 3.93. The van der Waals surface area contributed by atoms with Gasteiger partial charge in [0.25, 0.3) is 0 Å². The minimum absolute atomic E-state index is 0.631. The van der Waals surface area contributed by atoms with E-state index in [-0.39, 0.29) is 0 Å². The molecule has 0 saturated carbocycles. The normalized spacial score (nSPS) is 9.44. The van der Waals surface area contributed by atoms with E-state index in [1.54, 1.807) is 12.4 Å². The summed E-state index contributed by atoms with van der Waals surface area (Å²) in [6.07, 6.45) is 4.27. The molecule has 9 heavy (non-hydrogen) atoms. The highest BCUT2D eigenvalue weighted by Crippen LogP contribution is 1.83. The lowest BCUT2D eigenvalue weighted by molar-refractivity contribution is 1.04. The Bertz CT molecular complexity index is 125. The molecule has 0 unspecified atom stereocenters. The van der Waals surface area contributed by atoms with Gasteiger partial charge in [-0.15, -0.1) is 0 Å². The molecule has 0 atom stereocenters. The molecule has 0 heterocycles. The highest BCUT2D eigenvalue weighted by atomic mass is 15.0. The summed E-state index contributed by atoms with van der Waals surface area (Å²) >= 11 is 0. The summed E-state index contributed by atoms with van der Waals surface area (Å²) in [5.74, 6) is 0.631. The third-order valence-corrected chi connectivity index (χ3v) is 0.698. The Labute approximate surface area is 56.0 Å². The maximum Gasteiger partial charge on any atom is 0.122 e. The van der Waals surface area contributed by atoms with Crippen molar-refractivity contribution in [3.8, 4) is 0 Å². The molecule has 0 amide bonds. The van der Waals surface area contributed by atoms with Gasteiger partial charge in [0.2, 0.25) is 0 Å². The zero-order valence-corrected chi connectivity index (χ0v) is 5.72. The van der Waals surface area contributed by atoms with Gasteiger partial charge in [0, 0.05) is 6.21 Å². The van der Waals surface area contributed by atoms with Crippen LogP contribution in [0.3, 0.4) is 0 Å². The predicted molar refractivity (Wildman–Crippen MR) is 41.3 cm³/mol. The number of hydrogen-bond acceptors (Lipinski definition) is 2. The second kappa shape index (κ2) is 5.09. The first-order chi connectivity index (χ1) is 4.31. The molecule has 0 bridgehead atoms. The van der Waals surface area contributed by atoms with Gasteiger partial charge in [-0.3, -0.25) is 0 Å². The molecule has 0 aliphatic carbocycles. The third-order valence-electron chi connectivity index (χ3n) is 0.698. The van der Waals surface area contributed by atoms with Gasteiger partial charge in [0.05, 0.1) is 0 Å². The second-order valence-electron chi connectivity index (χ2n) is 1.52. The van der Waals surface area contributed by atoms with Crippen LogP contribution in [0.4, 0.5) is 0 Å². The average molecular weight is 124 g/mol. The summed E-state index contributed by atoms with van der Waals surface area (Å²) in [6, 6.07) is 0. The van der Waals surface area contributed by atoms with Crippen LogP contribution in [0.25, 0.3) is 0 Å². The van der Waals surface area contributed by atoms with E-state index in [1.165, 1.54) is 0 Å². The summed E-state index contributed by atoms with van der Waals surface area (Å²) in [5.41, 5.74) is 0. The Hall–Kier alpha value is -1.05. The number of nitrogens with zero attached hydrogens (tertiary/aromatic N) is 1. The summed E-state index contributed by atoms with van der Waals surface area (Å²) in [4.78, 5) is 3.93. The van der Waals surface area contributed by atoms with Gasteiger partial charge < -0.3 is 5.32 Å².